The number of nitrogens with zero attached hydrogens (tertiary/aromatic N) is 3. The number of aromatic nitrogens is 1. The highest BCUT2D eigenvalue weighted by molar-refractivity contribution is 5.97. The number of hydrogen-bond acceptors (Lipinski definition) is 5. The molecule has 150 valence electrons. The molecule has 0 bridgehead atoms. The van der Waals surface area contributed by atoms with E-state index in [-0.39, 0.29) is 5.43 Å². The average Bonchev–Trinajstić information content (AvgIpc) is 2.78. The molecule has 5 heteroatoms. The molecule has 2 aromatic carbocycles. The predicted octanol–water partition coefficient (Wildman–Crippen LogP) is 5.19. The number of anilines is 1. The molecule has 0 saturated heterocycles. The lowest BCUT2D eigenvalue weighted by Crippen LogP contribution is -2.21. The molecule has 4 rings (SSSR count). The smallest absolute Gasteiger partial charge is 0.190 e. The number of fused-ring (bicyclic) bond motifs is 4. The summed E-state index contributed by atoms with van der Waals surface area (Å²) < 4.78 is 6.06. The summed E-state index contributed by atoms with van der Waals surface area (Å²) in [6.07, 6.45) is 0. The quantitative estimate of drug-likeness (QED) is 0.270. The van der Waals surface area contributed by atoms with Gasteiger partial charge in [-0.15, -0.1) is 0 Å². The van der Waals surface area contributed by atoms with Crippen LogP contribution < -0.4 is 10.3 Å². The molecule has 0 saturated carbocycles. The third kappa shape index (κ3) is 3.83. The van der Waals surface area contributed by atoms with E-state index in [2.05, 4.69) is 30.6 Å². The van der Waals surface area contributed by atoms with Crippen LogP contribution in [0.15, 0.2) is 51.7 Å². The van der Waals surface area contributed by atoms with Crippen LogP contribution in [-0.2, 0) is 0 Å². The molecule has 1 aliphatic carbocycles. The topological polar surface area (TPSA) is 70.1 Å². The number of nitriles is 1. The fraction of sp³-hybridized carbons (Fsp3) is 0.240. The Morgan fingerprint density at radius 3 is 2.50 bits per heavy atom. The largest absolute Gasteiger partial charge is 0.453 e. The molecular weight excluding hydrogens is 374 g/mol. The van der Waals surface area contributed by atoms with Gasteiger partial charge < -0.3 is 9.32 Å². The zero-order valence-electron chi connectivity index (χ0n) is 17.6. The van der Waals surface area contributed by atoms with E-state index in [1.165, 1.54) is 6.07 Å². The SMILES string of the molecule is CC.CCN(CC)c1ccc2nc3c4cc(C#CC#N)ccc4c(=O)cc-3oc2c1. The molecule has 0 unspecified atom stereocenters. The molecule has 1 heterocycles. The first-order valence-corrected chi connectivity index (χ1v) is 10.1. The van der Waals surface area contributed by atoms with Crippen LogP contribution >= 0.6 is 0 Å². The minimum atomic E-state index is -0.132. The first-order valence-electron chi connectivity index (χ1n) is 10.1. The van der Waals surface area contributed by atoms with E-state index < -0.39 is 0 Å². The van der Waals surface area contributed by atoms with Crippen molar-refractivity contribution in [1.29, 1.82) is 5.26 Å². The lowest BCUT2D eigenvalue weighted by molar-refractivity contribution is 0.613. The molecule has 1 aliphatic heterocycles. The average molecular weight is 397 g/mol. The van der Waals surface area contributed by atoms with Crippen molar-refractivity contribution in [3.05, 3.63) is 58.3 Å². The van der Waals surface area contributed by atoms with Crippen molar-refractivity contribution in [2.24, 2.45) is 0 Å². The zero-order chi connectivity index (χ0) is 21.7. The van der Waals surface area contributed by atoms with Gasteiger partial charge in [0.2, 0.25) is 0 Å². The number of rotatable bonds is 3. The minimum absolute atomic E-state index is 0.132. The van der Waals surface area contributed by atoms with Crippen LogP contribution in [-0.4, -0.2) is 18.1 Å². The van der Waals surface area contributed by atoms with Gasteiger partial charge in [0.25, 0.3) is 0 Å². The summed E-state index contributed by atoms with van der Waals surface area (Å²) in [5.74, 6) is 5.58. The molecule has 0 amide bonds. The van der Waals surface area contributed by atoms with Gasteiger partial charge in [0, 0.05) is 53.2 Å². The van der Waals surface area contributed by atoms with Crippen LogP contribution in [0.1, 0.15) is 33.3 Å². The van der Waals surface area contributed by atoms with Crippen molar-refractivity contribution >= 4 is 27.6 Å². The van der Waals surface area contributed by atoms with Gasteiger partial charge in [-0.25, -0.2) is 4.98 Å². The molecule has 5 nitrogen and oxygen atoms in total. The highest BCUT2D eigenvalue weighted by Gasteiger charge is 2.16. The highest BCUT2D eigenvalue weighted by Crippen LogP contribution is 2.32. The van der Waals surface area contributed by atoms with Crippen molar-refractivity contribution < 1.29 is 4.42 Å². The van der Waals surface area contributed by atoms with Gasteiger partial charge in [0.05, 0.1) is 0 Å². The number of hydrogen-bond donors (Lipinski definition) is 0. The summed E-state index contributed by atoms with van der Waals surface area (Å²) in [4.78, 5) is 19.5. The minimum Gasteiger partial charge on any atom is -0.453 e. The van der Waals surface area contributed by atoms with Crippen LogP contribution in [0.3, 0.4) is 0 Å². The molecule has 0 radical (unpaired) electrons. The summed E-state index contributed by atoms with van der Waals surface area (Å²) in [5.41, 5.74) is 3.54. The summed E-state index contributed by atoms with van der Waals surface area (Å²) in [6.45, 7) is 9.99. The fourth-order valence-electron chi connectivity index (χ4n) is 3.43. The number of benzene rings is 3. The standard InChI is InChI=1S/C23H17N3O2.C2H6/c1-3-26(4-2)16-8-10-19-21(13-16)28-22-14-20(27)17-9-7-15(6-5-11-24)12-18(17)23(22)25-19;1-2/h7-10,12-14H,3-4H2,1-2H3;1-2H3. The summed E-state index contributed by atoms with van der Waals surface area (Å²) >= 11 is 0. The lowest BCUT2D eigenvalue weighted by Gasteiger charge is -2.21. The van der Waals surface area contributed by atoms with Gasteiger partial charge >= 0.3 is 0 Å². The highest BCUT2D eigenvalue weighted by atomic mass is 16.3. The van der Waals surface area contributed by atoms with E-state index in [4.69, 9.17) is 14.7 Å². The van der Waals surface area contributed by atoms with Gasteiger partial charge in [-0.3, -0.25) is 4.79 Å². The molecule has 0 spiro atoms. The van der Waals surface area contributed by atoms with Crippen molar-refractivity contribution in [3.8, 4) is 29.4 Å². The van der Waals surface area contributed by atoms with Gasteiger partial charge in [-0.05, 0) is 44.2 Å². The third-order valence-corrected chi connectivity index (χ3v) is 4.82. The summed E-state index contributed by atoms with van der Waals surface area (Å²) in [5, 5.41) is 9.89. The van der Waals surface area contributed by atoms with E-state index in [9.17, 15) is 4.79 Å². The Bertz CT molecular complexity index is 1330. The lowest BCUT2D eigenvalue weighted by atomic mass is 10.0. The van der Waals surface area contributed by atoms with E-state index in [0.29, 0.717) is 33.4 Å². The second-order valence-electron chi connectivity index (χ2n) is 6.38. The molecule has 2 aromatic rings. The maximum Gasteiger partial charge on any atom is 0.190 e. The van der Waals surface area contributed by atoms with Crippen LogP contribution in [0, 0.1) is 23.2 Å². The van der Waals surface area contributed by atoms with Gasteiger partial charge in [-0.1, -0.05) is 19.8 Å². The van der Waals surface area contributed by atoms with E-state index in [0.717, 1.165) is 24.3 Å². The Kier molecular flexibility index (Phi) is 6.35. The maximum atomic E-state index is 12.5. The predicted molar refractivity (Wildman–Crippen MR) is 122 cm³/mol. The Balaban J connectivity index is 0.00000124. The summed E-state index contributed by atoms with van der Waals surface area (Å²) in [6, 6.07) is 14.4. The fourth-order valence-corrected chi connectivity index (χ4v) is 3.43. The van der Waals surface area contributed by atoms with Crippen molar-refractivity contribution in [3.63, 3.8) is 0 Å². The molecular formula is C25H23N3O2. The van der Waals surface area contributed by atoms with Crippen LogP contribution in [0.5, 0.6) is 0 Å². The van der Waals surface area contributed by atoms with Crippen LogP contribution in [0.2, 0.25) is 0 Å². The first kappa shape index (κ1) is 20.9. The second kappa shape index (κ2) is 9.11. The second-order valence-corrected chi connectivity index (χ2v) is 6.38. The normalized spacial score (nSPS) is 10.1. The van der Waals surface area contributed by atoms with E-state index in [1.807, 2.05) is 32.0 Å². The van der Waals surface area contributed by atoms with Crippen molar-refractivity contribution in [2.75, 3.05) is 18.0 Å². The van der Waals surface area contributed by atoms with Crippen LogP contribution in [0.4, 0.5) is 5.69 Å². The maximum absolute atomic E-state index is 12.5. The first-order chi connectivity index (χ1) is 14.6. The molecule has 0 fully saturated rings. The van der Waals surface area contributed by atoms with E-state index >= 15 is 0 Å². The van der Waals surface area contributed by atoms with Crippen molar-refractivity contribution in [2.45, 2.75) is 27.7 Å². The Hall–Kier alpha value is -3.83. The van der Waals surface area contributed by atoms with Gasteiger partial charge in [0.1, 0.15) is 11.2 Å². The molecule has 30 heavy (non-hydrogen) atoms. The van der Waals surface area contributed by atoms with Gasteiger partial charge in [0.15, 0.2) is 22.8 Å². The Morgan fingerprint density at radius 1 is 1.03 bits per heavy atom. The van der Waals surface area contributed by atoms with E-state index in [1.54, 1.807) is 24.3 Å². The Morgan fingerprint density at radius 2 is 1.80 bits per heavy atom. The monoisotopic (exact) mass is 397 g/mol. The van der Waals surface area contributed by atoms with Crippen molar-refractivity contribution in [1.82, 2.24) is 4.98 Å². The molecule has 2 aliphatic rings. The Labute approximate surface area is 175 Å². The molecule has 0 atom stereocenters. The summed E-state index contributed by atoms with van der Waals surface area (Å²) in [7, 11) is 0. The molecule has 0 N–H and O–H groups in total. The zero-order valence-corrected chi connectivity index (χ0v) is 17.6. The third-order valence-electron chi connectivity index (χ3n) is 4.82. The molecule has 0 aromatic heterocycles. The van der Waals surface area contributed by atoms with Crippen LogP contribution in [0.25, 0.3) is 33.3 Å². The van der Waals surface area contributed by atoms with Gasteiger partial charge in [-0.2, -0.15) is 5.26 Å².